The van der Waals surface area contributed by atoms with E-state index >= 15 is 0 Å². The average Bonchev–Trinajstić information content (AvgIpc) is 3.01. The van der Waals surface area contributed by atoms with E-state index in [4.69, 9.17) is 4.84 Å². The Morgan fingerprint density at radius 2 is 1.90 bits per heavy atom. The van der Waals surface area contributed by atoms with Crippen molar-refractivity contribution in [1.82, 2.24) is 10.8 Å². The molecule has 3 nitrogen and oxygen atoms in total. The second-order valence-electron chi connectivity index (χ2n) is 5.40. The molecule has 0 spiro atoms. The molecule has 1 saturated heterocycles. The number of hydrogen-bond donors (Lipinski definition) is 2. The van der Waals surface area contributed by atoms with Gasteiger partial charge in [-0.25, -0.2) is 0 Å². The average molecular weight is 298 g/mol. The Labute approximate surface area is 121 Å². The Kier molecular flexibility index (Phi) is 3.91. The summed E-state index contributed by atoms with van der Waals surface area (Å²) in [5, 5.41) is 3.36. The molecule has 0 amide bonds. The highest BCUT2D eigenvalue weighted by Gasteiger charge is 2.31. The Balaban J connectivity index is 1.71. The Hall–Kier alpha value is -1.53. The second-order valence-corrected chi connectivity index (χ2v) is 5.40. The number of hydroxylamine groups is 1. The van der Waals surface area contributed by atoms with Gasteiger partial charge in [0.05, 0.1) is 12.1 Å². The molecular formula is C15H17F3N2O. The summed E-state index contributed by atoms with van der Waals surface area (Å²) in [6.07, 6.45) is -0.446. The lowest BCUT2D eigenvalue weighted by atomic mass is 9.87. The van der Waals surface area contributed by atoms with Crippen molar-refractivity contribution in [1.29, 1.82) is 0 Å². The number of alkyl halides is 3. The van der Waals surface area contributed by atoms with Gasteiger partial charge >= 0.3 is 6.18 Å². The van der Waals surface area contributed by atoms with Crippen molar-refractivity contribution in [2.24, 2.45) is 5.92 Å². The summed E-state index contributed by atoms with van der Waals surface area (Å²) in [4.78, 5) is 5.37. The molecule has 0 bridgehead atoms. The minimum Gasteiger partial charge on any atom is -0.413 e. The van der Waals surface area contributed by atoms with E-state index in [0.29, 0.717) is 12.5 Å². The molecule has 0 aromatic heterocycles. The minimum atomic E-state index is -4.28. The van der Waals surface area contributed by atoms with E-state index in [1.165, 1.54) is 0 Å². The van der Waals surface area contributed by atoms with Gasteiger partial charge in [-0.2, -0.15) is 18.7 Å². The molecule has 3 rings (SSSR count). The van der Waals surface area contributed by atoms with Crippen LogP contribution in [0.3, 0.4) is 0 Å². The maximum absolute atomic E-state index is 12.6. The summed E-state index contributed by atoms with van der Waals surface area (Å²) in [6.45, 7) is 1.54. The third-order valence-electron chi connectivity index (χ3n) is 4.02. The van der Waals surface area contributed by atoms with Crippen LogP contribution in [-0.2, 0) is 11.0 Å². The molecule has 2 atom stereocenters. The van der Waals surface area contributed by atoms with Gasteiger partial charge in [0.25, 0.3) is 0 Å². The van der Waals surface area contributed by atoms with Crippen LogP contribution in [0, 0.1) is 5.92 Å². The fourth-order valence-corrected chi connectivity index (χ4v) is 2.89. The van der Waals surface area contributed by atoms with Crippen LogP contribution >= 0.6 is 0 Å². The van der Waals surface area contributed by atoms with E-state index < -0.39 is 11.7 Å². The molecule has 0 radical (unpaired) electrons. The van der Waals surface area contributed by atoms with Crippen LogP contribution in [0.4, 0.5) is 13.2 Å². The van der Waals surface area contributed by atoms with Crippen LogP contribution in [-0.4, -0.2) is 13.1 Å². The molecule has 2 N–H and O–H groups in total. The first-order chi connectivity index (χ1) is 10.0. The van der Waals surface area contributed by atoms with Gasteiger partial charge in [0.15, 0.2) is 0 Å². The second kappa shape index (κ2) is 5.69. The number of piperidine rings is 1. The highest BCUT2D eigenvalue weighted by Crippen LogP contribution is 2.34. The van der Waals surface area contributed by atoms with Crippen molar-refractivity contribution in [3.05, 3.63) is 47.2 Å². The van der Waals surface area contributed by atoms with Crippen molar-refractivity contribution in [2.45, 2.75) is 25.1 Å². The monoisotopic (exact) mass is 298 g/mol. The largest absolute Gasteiger partial charge is 0.416 e. The summed E-state index contributed by atoms with van der Waals surface area (Å²) in [7, 11) is 0. The first-order valence-electron chi connectivity index (χ1n) is 7.04. The molecule has 21 heavy (non-hydrogen) atoms. The third-order valence-corrected chi connectivity index (χ3v) is 4.02. The lowest BCUT2D eigenvalue weighted by Gasteiger charge is -2.30. The summed E-state index contributed by atoms with van der Waals surface area (Å²) in [5.74, 6) is 1.27. The number of halogens is 3. The molecule has 6 heteroatoms. The number of allylic oxidation sites excluding steroid dienone is 1. The SMILES string of the molecule is FC(F)(F)c1ccc([C@H]2C[C@@H](C3=CCNO3)CCN2)cc1. The number of rotatable bonds is 2. The molecular weight excluding hydrogens is 281 g/mol. The maximum atomic E-state index is 12.6. The molecule has 0 saturated carbocycles. The van der Waals surface area contributed by atoms with Crippen molar-refractivity contribution < 1.29 is 18.0 Å². The van der Waals surface area contributed by atoms with Crippen LogP contribution in [0.2, 0.25) is 0 Å². The van der Waals surface area contributed by atoms with Crippen molar-refractivity contribution in [3.63, 3.8) is 0 Å². The molecule has 2 aliphatic rings. The lowest BCUT2D eigenvalue weighted by molar-refractivity contribution is -0.137. The first kappa shape index (κ1) is 14.4. The topological polar surface area (TPSA) is 33.3 Å². The fraction of sp³-hybridized carbons (Fsp3) is 0.467. The van der Waals surface area contributed by atoms with Gasteiger partial charge in [-0.15, -0.1) is 0 Å². The van der Waals surface area contributed by atoms with Crippen LogP contribution in [0.15, 0.2) is 36.1 Å². The van der Waals surface area contributed by atoms with Crippen molar-refractivity contribution in [2.75, 3.05) is 13.1 Å². The number of hydrogen-bond acceptors (Lipinski definition) is 3. The predicted octanol–water partition coefficient (Wildman–Crippen LogP) is 3.16. The Morgan fingerprint density at radius 1 is 1.14 bits per heavy atom. The Morgan fingerprint density at radius 3 is 2.52 bits per heavy atom. The van der Waals surface area contributed by atoms with E-state index in [9.17, 15) is 13.2 Å². The molecule has 1 aromatic rings. The van der Waals surface area contributed by atoms with Gasteiger partial charge in [0, 0.05) is 12.0 Å². The summed E-state index contributed by atoms with van der Waals surface area (Å²) >= 11 is 0. The molecule has 2 heterocycles. The van der Waals surface area contributed by atoms with Crippen molar-refractivity contribution >= 4 is 0 Å². The van der Waals surface area contributed by atoms with Crippen LogP contribution in [0.25, 0.3) is 0 Å². The molecule has 114 valence electrons. The fourth-order valence-electron chi connectivity index (χ4n) is 2.89. The first-order valence-corrected chi connectivity index (χ1v) is 7.04. The van der Waals surface area contributed by atoms with Gasteiger partial charge < -0.3 is 10.2 Å². The van der Waals surface area contributed by atoms with E-state index in [0.717, 1.165) is 42.8 Å². The summed E-state index contributed by atoms with van der Waals surface area (Å²) < 4.78 is 37.7. The molecule has 2 aliphatic heterocycles. The van der Waals surface area contributed by atoms with Crippen LogP contribution in [0.5, 0.6) is 0 Å². The van der Waals surface area contributed by atoms with E-state index in [1.54, 1.807) is 12.1 Å². The van der Waals surface area contributed by atoms with Gasteiger partial charge in [-0.1, -0.05) is 12.1 Å². The zero-order valence-corrected chi connectivity index (χ0v) is 11.4. The Bertz CT molecular complexity index is 525. The maximum Gasteiger partial charge on any atom is 0.416 e. The minimum absolute atomic E-state index is 0.0659. The highest BCUT2D eigenvalue weighted by molar-refractivity contribution is 5.27. The zero-order chi connectivity index (χ0) is 14.9. The number of benzene rings is 1. The van der Waals surface area contributed by atoms with E-state index in [2.05, 4.69) is 10.8 Å². The lowest BCUT2D eigenvalue weighted by Crippen LogP contribution is -2.32. The summed E-state index contributed by atoms with van der Waals surface area (Å²) in [5.41, 5.74) is 3.09. The van der Waals surface area contributed by atoms with Gasteiger partial charge in [0.2, 0.25) is 0 Å². The smallest absolute Gasteiger partial charge is 0.413 e. The van der Waals surface area contributed by atoms with Gasteiger partial charge in [-0.05, 0) is 43.2 Å². The standard InChI is InChI=1S/C15H17F3N2O/c16-15(17,18)12-3-1-10(2-4-12)13-9-11(5-7-19-13)14-6-8-20-21-14/h1-4,6,11,13,19-20H,5,7-9H2/t11-,13+/m0/s1. The molecule has 1 aromatic carbocycles. The van der Waals surface area contributed by atoms with E-state index in [-0.39, 0.29) is 6.04 Å². The van der Waals surface area contributed by atoms with Gasteiger partial charge in [0.1, 0.15) is 5.76 Å². The molecule has 1 fully saturated rings. The summed E-state index contributed by atoms with van der Waals surface area (Å²) in [6, 6.07) is 5.48. The molecule has 0 aliphatic carbocycles. The predicted molar refractivity (Wildman–Crippen MR) is 72.1 cm³/mol. The van der Waals surface area contributed by atoms with Crippen LogP contribution in [0.1, 0.15) is 30.0 Å². The van der Waals surface area contributed by atoms with Crippen molar-refractivity contribution in [3.8, 4) is 0 Å². The highest BCUT2D eigenvalue weighted by atomic mass is 19.4. The third kappa shape index (κ3) is 3.22. The normalized spacial score (nSPS) is 26.3. The zero-order valence-electron chi connectivity index (χ0n) is 11.4. The number of nitrogens with one attached hydrogen (secondary N) is 2. The van der Waals surface area contributed by atoms with Crippen LogP contribution < -0.4 is 10.8 Å². The molecule has 0 unspecified atom stereocenters. The quantitative estimate of drug-likeness (QED) is 0.880. The van der Waals surface area contributed by atoms with Gasteiger partial charge in [-0.3, -0.25) is 0 Å². The van der Waals surface area contributed by atoms with E-state index in [1.807, 2.05) is 6.08 Å².